The van der Waals surface area contributed by atoms with Crippen LogP contribution in [0.25, 0.3) is 0 Å². The van der Waals surface area contributed by atoms with Gasteiger partial charge in [-0.05, 0) is 12.1 Å². The molecule has 1 atom stereocenters. The number of nitrogens with two attached hydrogens (primary N) is 1. The highest BCUT2D eigenvalue weighted by molar-refractivity contribution is 7.14. The zero-order valence-corrected chi connectivity index (χ0v) is 12.1. The fourth-order valence-electron chi connectivity index (χ4n) is 1.59. The van der Waals surface area contributed by atoms with Gasteiger partial charge in [-0.2, -0.15) is 0 Å². The second kappa shape index (κ2) is 6.50. The molecule has 0 fully saturated rings. The molecule has 1 unspecified atom stereocenters. The maximum absolute atomic E-state index is 12.2. The van der Waals surface area contributed by atoms with Crippen LogP contribution in [0, 0.1) is 5.41 Å². The van der Waals surface area contributed by atoms with Crippen LogP contribution in [0.15, 0.2) is 42.5 Å². The van der Waals surface area contributed by atoms with E-state index in [-0.39, 0.29) is 29.9 Å². The van der Waals surface area contributed by atoms with E-state index < -0.39 is 0 Å². The average Bonchev–Trinajstić information content (AvgIpc) is 2.87. The molecule has 0 radical (unpaired) electrons. The number of halogens is 1. The fraction of sp³-hybridized carbons (Fsp3) is 0.143. The lowest BCUT2D eigenvalue weighted by Crippen LogP contribution is -2.16. The molecule has 0 saturated heterocycles. The van der Waals surface area contributed by atoms with E-state index in [1.165, 1.54) is 11.3 Å². The van der Waals surface area contributed by atoms with Crippen LogP contribution >= 0.6 is 23.7 Å². The predicted octanol–water partition coefficient (Wildman–Crippen LogP) is 3.44. The molecular formula is C14H15ClN2OS. The Balaban J connectivity index is 0.00000180. The lowest BCUT2D eigenvalue weighted by molar-refractivity contribution is 0.104. The number of nitrogens with one attached hydrogen (secondary N) is 1. The van der Waals surface area contributed by atoms with Gasteiger partial charge in [0, 0.05) is 16.4 Å². The maximum atomic E-state index is 12.2. The summed E-state index contributed by atoms with van der Waals surface area (Å²) in [6, 6.07) is 12.8. The van der Waals surface area contributed by atoms with Crippen molar-refractivity contribution in [3.8, 4) is 0 Å². The molecule has 3 nitrogen and oxygen atoms in total. The summed E-state index contributed by atoms with van der Waals surface area (Å²) in [5, 5.41) is 7.42. The lowest BCUT2D eigenvalue weighted by atomic mass is 10.1. The number of carbonyl (C=O) groups is 1. The van der Waals surface area contributed by atoms with Crippen molar-refractivity contribution in [3.63, 3.8) is 0 Å². The van der Waals surface area contributed by atoms with E-state index in [1.807, 2.05) is 31.2 Å². The zero-order chi connectivity index (χ0) is 13.1. The lowest BCUT2D eigenvalue weighted by Gasteiger charge is -2.05. The highest BCUT2D eigenvalue weighted by atomic mass is 35.5. The number of thiophene rings is 1. The summed E-state index contributed by atoms with van der Waals surface area (Å²) in [7, 11) is 0. The first-order valence-corrected chi connectivity index (χ1v) is 6.44. The third-order valence-electron chi connectivity index (χ3n) is 2.78. The summed E-state index contributed by atoms with van der Waals surface area (Å²) >= 11 is 1.40. The van der Waals surface area contributed by atoms with Crippen molar-refractivity contribution in [2.45, 2.75) is 12.8 Å². The quantitative estimate of drug-likeness (QED) is 0.515. The van der Waals surface area contributed by atoms with Gasteiger partial charge in [-0.3, -0.25) is 10.2 Å². The molecule has 1 heterocycles. The standard InChI is InChI=1S/C14H14N2OS.ClH/c1-9(14(15)16)11-7-8-12(18-11)13(17)10-5-3-2-4-6-10;/h2-9H,1H3,(H3,15,16);1H. The van der Waals surface area contributed by atoms with E-state index in [0.29, 0.717) is 10.4 Å². The predicted molar refractivity (Wildman–Crippen MR) is 81.8 cm³/mol. The Hall–Kier alpha value is -1.65. The molecule has 0 aliphatic heterocycles. The normalized spacial score (nSPS) is 11.4. The zero-order valence-electron chi connectivity index (χ0n) is 10.4. The van der Waals surface area contributed by atoms with Gasteiger partial charge >= 0.3 is 0 Å². The largest absolute Gasteiger partial charge is 0.387 e. The Morgan fingerprint density at radius 3 is 2.42 bits per heavy atom. The molecule has 0 amide bonds. The molecule has 0 aliphatic carbocycles. The number of rotatable bonds is 4. The van der Waals surface area contributed by atoms with Gasteiger partial charge in [-0.15, -0.1) is 23.7 Å². The van der Waals surface area contributed by atoms with Crippen molar-refractivity contribution >= 4 is 35.4 Å². The summed E-state index contributed by atoms with van der Waals surface area (Å²) in [6.45, 7) is 1.87. The molecule has 2 rings (SSSR count). The topological polar surface area (TPSA) is 66.9 Å². The molecule has 1 aromatic heterocycles. The van der Waals surface area contributed by atoms with E-state index in [2.05, 4.69) is 0 Å². The van der Waals surface area contributed by atoms with E-state index in [0.717, 1.165) is 4.88 Å². The van der Waals surface area contributed by atoms with Crippen molar-refractivity contribution in [2.24, 2.45) is 5.73 Å². The van der Waals surface area contributed by atoms with Crippen molar-refractivity contribution in [1.29, 1.82) is 5.41 Å². The van der Waals surface area contributed by atoms with Gasteiger partial charge in [0.1, 0.15) is 0 Å². The van der Waals surface area contributed by atoms with Gasteiger partial charge in [0.05, 0.1) is 10.7 Å². The molecule has 0 saturated carbocycles. The number of amidine groups is 1. The second-order valence-corrected chi connectivity index (χ2v) is 5.19. The van der Waals surface area contributed by atoms with E-state index in [4.69, 9.17) is 11.1 Å². The Morgan fingerprint density at radius 2 is 1.84 bits per heavy atom. The summed E-state index contributed by atoms with van der Waals surface area (Å²) in [5.74, 6) is 0.00508. The summed E-state index contributed by atoms with van der Waals surface area (Å²) in [5.41, 5.74) is 6.15. The molecule has 0 aliphatic rings. The molecule has 1 aromatic carbocycles. The van der Waals surface area contributed by atoms with Crippen LogP contribution in [-0.2, 0) is 0 Å². The minimum absolute atomic E-state index is 0. The van der Waals surface area contributed by atoms with Gasteiger partial charge in [0.2, 0.25) is 5.78 Å². The fourth-order valence-corrected chi connectivity index (χ4v) is 2.63. The summed E-state index contributed by atoms with van der Waals surface area (Å²) in [4.78, 5) is 13.8. The molecule has 100 valence electrons. The van der Waals surface area contributed by atoms with Crippen LogP contribution in [0.4, 0.5) is 0 Å². The minimum Gasteiger partial charge on any atom is -0.387 e. The molecule has 0 spiro atoms. The number of hydrogen-bond donors (Lipinski definition) is 2. The Labute approximate surface area is 122 Å². The SMILES string of the molecule is CC(C(=N)N)c1ccc(C(=O)c2ccccc2)s1.Cl. The first-order valence-electron chi connectivity index (χ1n) is 5.63. The monoisotopic (exact) mass is 294 g/mol. The second-order valence-electron chi connectivity index (χ2n) is 4.07. The Bertz CT molecular complexity index is 580. The van der Waals surface area contributed by atoms with Crippen LogP contribution in [-0.4, -0.2) is 11.6 Å². The minimum atomic E-state index is -0.132. The Kier molecular flexibility index (Phi) is 5.27. The van der Waals surface area contributed by atoms with Crippen molar-refractivity contribution in [3.05, 3.63) is 57.8 Å². The van der Waals surface area contributed by atoms with Crippen molar-refractivity contribution in [2.75, 3.05) is 0 Å². The van der Waals surface area contributed by atoms with E-state index in [1.54, 1.807) is 18.2 Å². The van der Waals surface area contributed by atoms with Crippen molar-refractivity contribution in [1.82, 2.24) is 0 Å². The smallest absolute Gasteiger partial charge is 0.202 e. The van der Waals surface area contributed by atoms with Crippen LogP contribution in [0.1, 0.15) is 33.0 Å². The first kappa shape index (κ1) is 15.4. The summed E-state index contributed by atoms with van der Waals surface area (Å²) < 4.78 is 0. The number of ketones is 1. The number of hydrogen-bond acceptors (Lipinski definition) is 3. The van der Waals surface area contributed by atoms with Gasteiger partial charge in [0.25, 0.3) is 0 Å². The molecular weight excluding hydrogens is 280 g/mol. The molecule has 19 heavy (non-hydrogen) atoms. The molecule has 5 heteroatoms. The van der Waals surface area contributed by atoms with Crippen molar-refractivity contribution < 1.29 is 4.79 Å². The molecule has 3 N–H and O–H groups in total. The van der Waals surface area contributed by atoms with Crippen LogP contribution in [0.2, 0.25) is 0 Å². The van der Waals surface area contributed by atoms with Gasteiger partial charge < -0.3 is 5.73 Å². The third kappa shape index (κ3) is 3.43. The third-order valence-corrected chi connectivity index (χ3v) is 4.05. The van der Waals surface area contributed by atoms with E-state index >= 15 is 0 Å². The van der Waals surface area contributed by atoms with Crippen LogP contribution in [0.5, 0.6) is 0 Å². The van der Waals surface area contributed by atoms with Crippen LogP contribution < -0.4 is 5.73 Å². The van der Waals surface area contributed by atoms with Gasteiger partial charge in [-0.1, -0.05) is 37.3 Å². The molecule has 0 bridgehead atoms. The number of carbonyl (C=O) groups excluding carboxylic acids is 1. The Morgan fingerprint density at radius 1 is 1.21 bits per heavy atom. The summed E-state index contributed by atoms with van der Waals surface area (Å²) in [6.07, 6.45) is 0. The van der Waals surface area contributed by atoms with E-state index in [9.17, 15) is 4.79 Å². The maximum Gasteiger partial charge on any atom is 0.202 e. The van der Waals surface area contributed by atoms with Gasteiger partial charge in [0.15, 0.2) is 0 Å². The average molecular weight is 295 g/mol. The highest BCUT2D eigenvalue weighted by Gasteiger charge is 2.15. The van der Waals surface area contributed by atoms with Crippen LogP contribution in [0.3, 0.4) is 0 Å². The van der Waals surface area contributed by atoms with Gasteiger partial charge in [-0.25, -0.2) is 0 Å². The molecule has 2 aromatic rings. The first-order chi connectivity index (χ1) is 8.59. The highest BCUT2D eigenvalue weighted by Crippen LogP contribution is 2.26. The number of benzene rings is 1.